The van der Waals surface area contributed by atoms with Gasteiger partial charge in [0.2, 0.25) is 0 Å². The van der Waals surface area contributed by atoms with Crippen molar-refractivity contribution in [1.82, 2.24) is 5.32 Å². The standard InChI is InChI=1S/C63H97N4O10PS.C6H15N/c1-7-9-11-13-15-17-19-21-23-25-27-29-31-33-59(68)74-47-54(77-60(69)34-32-30-28-26-24-22-20-18-16-14-12-10-8-2)48-76-78(72,73)75-42-41-64-63(79)65-51-35-38-57(62(70)71)58(46-51)61-55-39-36-52(66(3)4)44-49(55)43-50-45-53(67(5)6)37-40-56(50)61;1-4-7(5-2)6-3/h35-40,44-46,54H,7-34,41-43,47-48H2,1-6H3,(H3-,64,65,70,71,72,73,79);4-6H2,1-3H3/t54-;/m1./s1. The van der Waals surface area contributed by atoms with E-state index >= 15 is 0 Å². The zero-order valence-corrected chi connectivity index (χ0v) is 56.3. The van der Waals surface area contributed by atoms with Crippen molar-refractivity contribution in [3.63, 3.8) is 0 Å². The number of hydrogen-bond donors (Lipinski definition) is 3. The van der Waals surface area contributed by atoms with Crippen molar-refractivity contribution in [2.75, 3.05) is 84.4 Å². The molecule has 0 saturated carbocycles. The summed E-state index contributed by atoms with van der Waals surface area (Å²) in [6.45, 7) is 13.6. The Hall–Kier alpha value is -4.70. The van der Waals surface area contributed by atoms with Gasteiger partial charge in [-0.25, -0.2) is 4.58 Å². The Morgan fingerprint density at radius 1 is 0.674 bits per heavy atom. The predicted molar refractivity (Wildman–Crippen MR) is 353 cm³/mol. The number of thiocarbonyl (C=S) groups is 1. The Balaban J connectivity index is 0.00000259. The first kappa shape index (κ1) is 75.5. The van der Waals surface area contributed by atoms with Crippen LogP contribution in [-0.2, 0) is 39.1 Å². The highest BCUT2D eigenvalue weighted by molar-refractivity contribution is 7.80. The average Bonchev–Trinajstić information content (AvgIpc) is 1.10. The fourth-order valence-corrected chi connectivity index (χ4v) is 11.8. The maximum absolute atomic E-state index is 13.0. The Bertz CT molecular complexity index is 2500. The summed E-state index contributed by atoms with van der Waals surface area (Å²) in [6.07, 6.45) is 36.7. The van der Waals surface area contributed by atoms with Crippen molar-refractivity contribution in [3.05, 3.63) is 88.0 Å². The number of allylic oxidation sites excluding steroid dienone is 5. The summed E-state index contributed by atoms with van der Waals surface area (Å²) in [4.78, 5) is 55.1. The zero-order valence-electron chi connectivity index (χ0n) is 54.6. The summed E-state index contributed by atoms with van der Waals surface area (Å²) >= 11 is 5.57. The first-order chi connectivity index (χ1) is 41.5. The molecule has 484 valence electrons. The van der Waals surface area contributed by atoms with Gasteiger partial charge >= 0.3 is 11.9 Å². The number of carboxylic acid groups (broad SMARTS) is 1. The molecule has 0 bridgehead atoms. The third kappa shape index (κ3) is 31.0. The van der Waals surface area contributed by atoms with E-state index < -0.39 is 38.4 Å². The zero-order chi connectivity index (χ0) is 63.0. The van der Waals surface area contributed by atoms with E-state index in [1.807, 2.05) is 62.0 Å². The Morgan fingerprint density at radius 2 is 1.20 bits per heavy atom. The summed E-state index contributed by atoms with van der Waals surface area (Å²) in [5, 5.41) is 18.8. The normalized spacial score (nSPS) is 13.7. The molecule has 4 rings (SSSR count). The molecule has 2 aliphatic rings. The molecule has 15 nitrogen and oxygen atoms in total. The Kier molecular flexibility index (Phi) is 39.3. The molecule has 2 atom stereocenters. The van der Waals surface area contributed by atoms with Gasteiger partial charge in [0.05, 0.1) is 38.8 Å². The number of carbonyl (C=O) groups is 3. The Morgan fingerprint density at radius 3 is 1.69 bits per heavy atom. The van der Waals surface area contributed by atoms with Crippen LogP contribution in [-0.4, -0.2) is 114 Å². The predicted octanol–water partition coefficient (Wildman–Crippen LogP) is 12.8. The second-order valence-corrected chi connectivity index (χ2v) is 25.4. The minimum atomic E-state index is -4.92. The molecule has 86 heavy (non-hydrogen) atoms. The number of ether oxygens (including phenoxy) is 2. The van der Waals surface area contributed by atoms with Crippen LogP contribution < -0.4 is 30.4 Å². The maximum atomic E-state index is 13.0. The van der Waals surface area contributed by atoms with E-state index in [2.05, 4.69) is 57.4 Å². The molecule has 0 aliphatic heterocycles. The van der Waals surface area contributed by atoms with Crippen molar-refractivity contribution in [1.29, 1.82) is 0 Å². The van der Waals surface area contributed by atoms with Gasteiger partial charge < -0.3 is 53.7 Å². The lowest BCUT2D eigenvalue weighted by Crippen LogP contribution is -3.11. The van der Waals surface area contributed by atoms with Crippen molar-refractivity contribution >= 4 is 65.7 Å². The van der Waals surface area contributed by atoms with Crippen molar-refractivity contribution in [3.8, 4) is 0 Å². The number of carboxylic acids is 1. The van der Waals surface area contributed by atoms with Crippen LogP contribution in [0.2, 0.25) is 0 Å². The number of quaternary nitrogens is 1. The first-order valence-corrected chi connectivity index (χ1v) is 35.0. The summed E-state index contributed by atoms with van der Waals surface area (Å²) in [7, 11) is 3.00. The number of nitrogens with zero attached hydrogens (tertiary/aromatic N) is 2. The topological polar surface area (TPSA) is 186 Å². The number of fused-ring (bicyclic) bond motifs is 2. The molecule has 2 aromatic rings. The first-order valence-electron chi connectivity index (χ1n) is 33.1. The SMILES string of the molecule is CCCCCCCCCCCCCCCC(=O)OC[C@H](COP(=O)([O-])OCCNC(=S)Nc1ccc(C(=O)[O-])c(C2=C3C=CC(=[N+](C)C)C=C3Cc3cc(N(C)C)ccc32)c1)OC(=O)CCCCCCCCCCCCCCC.CC[NH+](CC)CC. The quantitative estimate of drug-likeness (QED) is 0.0187. The van der Waals surface area contributed by atoms with Crippen LogP contribution in [0.1, 0.15) is 241 Å². The average molecular weight is 1230 g/mol. The number of anilines is 2. The molecule has 0 aromatic heterocycles. The van der Waals surface area contributed by atoms with Gasteiger partial charge in [-0.15, -0.1) is 0 Å². The number of unbranched alkanes of at least 4 members (excludes halogenated alkanes) is 24. The van der Waals surface area contributed by atoms with Gasteiger partial charge in [0.25, 0.3) is 7.82 Å². The molecule has 0 amide bonds. The number of hydrogen-bond acceptors (Lipinski definition) is 12. The number of esters is 2. The van der Waals surface area contributed by atoms with Crippen molar-refractivity contribution < 1.29 is 56.9 Å². The lowest BCUT2D eigenvalue weighted by atomic mass is 9.76. The van der Waals surface area contributed by atoms with E-state index in [0.29, 0.717) is 30.5 Å². The molecule has 0 radical (unpaired) electrons. The molecule has 0 fully saturated rings. The molecule has 17 heteroatoms. The molecule has 0 heterocycles. The second-order valence-electron chi connectivity index (χ2n) is 23.6. The smallest absolute Gasteiger partial charge is 0.306 e. The number of carbonyl (C=O) groups excluding carboxylic acids is 3. The van der Waals surface area contributed by atoms with Gasteiger partial charge in [-0.1, -0.05) is 180 Å². The number of nitrogens with one attached hydrogen (secondary N) is 3. The summed E-state index contributed by atoms with van der Waals surface area (Å²) in [6, 6.07) is 11.0. The molecule has 0 spiro atoms. The van der Waals surface area contributed by atoms with Crippen LogP contribution in [0.25, 0.3) is 5.57 Å². The van der Waals surface area contributed by atoms with Gasteiger partial charge in [0.15, 0.2) is 16.9 Å². The van der Waals surface area contributed by atoms with E-state index in [-0.39, 0.29) is 43.3 Å². The molecule has 0 saturated heterocycles. The van der Waals surface area contributed by atoms with Crippen LogP contribution in [0.15, 0.2) is 65.8 Å². The molecular weight excluding hydrogens is 1120 g/mol. The third-order valence-corrected chi connectivity index (χ3v) is 17.4. The minimum Gasteiger partial charge on any atom is -0.756 e. The molecule has 2 aromatic carbocycles. The molecule has 3 N–H and O–H groups in total. The maximum Gasteiger partial charge on any atom is 0.306 e. The summed E-state index contributed by atoms with van der Waals surface area (Å²) in [5.41, 5.74) is 7.69. The number of phosphoric ester groups is 1. The Labute approximate surface area is 524 Å². The largest absolute Gasteiger partial charge is 0.756 e. The summed E-state index contributed by atoms with van der Waals surface area (Å²) < 4.78 is 36.5. The van der Waals surface area contributed by atoms with Gasteiger partial charge in [-0.2, -0.15) is 0 Å². The van der Waals surface area contributed by atoms with Crippen LogP contribution in [0.5, 0.6) is 0 Å². The fourth-order valence-electron chi connectivity index (χ4n) is 10.8. The van der Waals surface area contributed by atoms with E-state index in [1.54, 1.807) is 17.0 Å². The van der Waals surface area contributed by atoms with Gasteiger partial charge in [0.1, 0.15) is 20.7 Å². The van der Waals surface area contributed by atoms with Gasteiger partial charge in [-0.3, -0.25) is 14.2 Å². The highest BCUT2D eigenvalue weighted by atomic mass is 32.1. The van der Waals surface area contributed by atoms with Gasteiger partial charge in [-0.05, 0) is 116 Å². The van der Waals surface area contributed by atoms with Crippen LogP contribution >= 0.6 is 20.0 Å². The number of aromatic carboxylic acids is 1. The second kappa shape index (κ2) is 44.7. The monoisotopic (exact) mass is 1230 g/mol. The number of benzene rings is 2. The van der Waals surface area contributed by atoms with Gasteiger partial charge in [0, 0.05) is 62.6 Å². The van der Waals surface area contributed by atoms with E-state index in [9.17, 15) is 28.9 Å². The summed E-state index contributed by atoms with van der Waals surface area (Å²) in [5.74, 6) is -2.28. The lowest BCUT2D eigenvalue weighted by Gasteiger charge is -2.29. The number of rotatable bonds is 45. The van der Waals surface area contributed by atoms with E-state index in [4.69, 9.17) is 30.7 Å². The highest BCUT2D eigenvalue weighted by Crippen LogP contribution is 2.43. The van der Waals surface area contributed by atoms with Crippen LogP contribution in [0.3, 0.4) is 0 Å². The molecule has 1 unspecified atom stereocenters. The highest BCUT2D eigenvalue weighted by Gasteiger charge is 2.28. The molecule has 2 aliphatic carbocycles. The fraction of sp³-hybridized carbons (Fsp3) is 0.667. The third-order valence-electron chi connectivity index (χ3n) is 16.1. The van der Waals surface area contributed by atoms with Crippen LogP contribution in [0.4, 0.5) is 11.4 Å². The van der Waals surface area contributed by atoms with E-state index in [1.165, 1.54) is 141 Å². The number of phosphoric acid groups is 1. The van der Waals surface area contributed by atoms with Crippen LogP contribution in [0, 0.1) is 0 Å². The minimum absolute atomic E-state index is 0.0150. The van der Waals surface area contributed by atoms with Crippen molar-refractivity contribution in [2.45, 2.75) is 227 Å². The molecular formula is C69H112N5O10PS. The lowest BCUT2D eigenvalue weighted by molar-refractivity contribution is -0.894. The van der Waals surface area contributed by atoms with Crippen molar-refractivity contribution in [2.24, 2.45) is 0 Å². The van der Waals surface area contributed by atoms with E-state index in [0.717, 1.165) is 77.8 Å².